The van der Waals surface area contributed by atoms with Crippen LogP contribution in [-0.4, -0.2) is 50.3 Å². The van der Waals surface area contributed by atoms with E-state index in [2.05, 4.69) is 15.6 Å². The van der Waals surface area contributed by atoms with Crippen molar-refractivity contribution in [2.75, 3.05) is 6.54 Å². The number of nitrogens with one attached hydrogen (secondary N) is 2. The first-order chi connectivity index (χ1) is 16.9. The Morgan fingerprint density at radius 2 is 2.03 bits per heavy atom. The van der Waals surface area contributed by atoms with Gasteiger partial charge in [-0.15, -0.1) is 11.3 Å². The van der Waals surface area contributed by atoms with Crippen molar-refractivity contribution in [2.45, 2.75) is 57.8 Å². The van der Waals surface area contributed by atoms with E-state index in [1.54, 1.807) is 27.7 Å². The molecule has 1 aliphatic carbocycles. The van der Waals surface area contributed by atoms with Crippen molar-refractivity contribution in [1.29, 1.82) is 0 Å². The number of nitrogens with zero attached hydrogens (tertiary/aromatic N) is 3. The van der Waals surface area contributed by atoms with E-state index in [0.29, 0.717) is 13.1 Å². The van der Waals surface area contributed by atoms with Crippen molar-refractivity contribution in [3.63, 3.8) is 0 Å². The summed E-state index contributed by atoms with van der Waals surface area (Å²) in [5, 5.41) is 7.91. The van der Waals surface area contributed by atoms with Crippen LogP contribution in [0.25, 0.3) is 0 Å². The van der Waals surface area contributed by atoms with Crippen LogP contribution in [0, 0.1) is 6.92 Å². The maximum Gasteiger partial charge on any atom is 0.274 e. The van der Waals surface area contributed by atoms with Crippen molar-refractivity contribution in [2.24, 2.45) is 0 Å². The van der Waals surface area contributed by atoms with Crippen LogP contribution in [0.5, 0.6) is 0 Å². The number of hydrogen-bond donors (Lipinski definition) is 2. The molecule has 1 aliphatic heterocycles. The molecule has 9 heteroatoms. The summed E-state index contributed by atoms with van der Waals surface area (Å²) >= 11 is 1.64. The first-order valence-corrected chi connectivity index (χ1v) is 12.8. The Balaban J connectivity index is 1.34. The number of fused-ring (bicyclic) bond motifs is 1. The molecule has 2 N–H and O–H groups in total. The topological polar surface area (TPSA) is 96.3 Å². The van der Waals surface area contributed by atoms with Crippen LogP contribution in [0.3, 0.4) is 0 Å². The van der Waals surface area contributed by atoms with Crippen LogP contribution in [0.2, 0.25) is 0 Å². The lowest BCUT2D eigenvalue weighted by molar-refractivity contribution is -0.133. The van der Waals surface area contributed by atoms with Crippen molar-refractivity contribution < 1.29 is 14.4 Å². The zero-order chi connectivity index (χ0) is 24.6. The fourth-order valence-corrected chi connectivity index (χ4v) is 5.46. The molecule has 2 aliphatic rings. The van der Waals surface area contributed by atoms with E-state index in [9.17, 15) is 14.4 Å². The summed E-state index contributed by atoms with van der Waals surface area (Å²) in [6.45, 7) is 4.92. The minimum Gasteiger partial charge on any atom is -0.350 e. The Morgan fingerprint density at radius 1 is 1.20 bits per heavy atom. The quantitative estimate of drug-likeness (QED) is 0.506. The molecular formula is C26H29N5O3S. The van der Waals surface area contributed by atoms with Crippen LogP contribution in [0.1, 0.15) is 56.7 Å². The number of rotatable bonds is 8. The molecule has 3 heterocycles. The molecular weight excluding hydrogens is 462 g/mol. The fraction of sp³-hybridized carbons (Fsp3) is 0.385. The second-order valence-electron chi connectivity index (χ2n) is 9.51. The average molecular weight is 492 g/mol. The number of benzene rings is 1. The van der Waals surface area contributed by atoms with Crippen molar-refractivity contribution in [3.05, 3.63) is 75.5 Å². The maximum absolute atomic E-state index is 13.7. The second kappa shape index (κ2) is 9.30. The number of carbonyl (C=O) groups is 3. The smallest absolute Gasteiger partial charge is 0.274 e. The minimum atomic E-state index is -1.07. The molecule has 182 valence electrons. The van der Waals surface area contributed by atoms with Gasteiger partial charge in [0.05, 0.1) is 12.9 Å². The molecule has 2 aromatic heterocycles. The summed E-state index contributed by atoms with van der Waals surface area (Å²) < 4.78 is 1.65. The Kier molecular flexibility index (Phi) is 6.19. The molecule has 1 atom stereocenters. The van der Waals surface area contributed by atoms with Crippen molar-refractivity contribution >= 4 is 29.1 Å². The third-order valence-corrected chi connectivity index (χ3v) is 7.59. The van der Waals surface area contributed by atoms with Gasteiger partial charge in [-0.05, 0) is 50.1 Å². The lowest BCUT2D eigenvalue weighted by Gasteiger charge is -2.44. The lowest BCUT2D eigenvalue weighted by Crippen LogP contribution is -2.64. The number of hydrogen-bond acceptors (Lipinski definition) is 5. The predicted octanol–water partition coefficient (Wildman–Crippen LogP) is 2.92. The number of carbonyl (C=O) groups excluding carboxylic acids is 3. The number of imidazole rings is 1. The van der Waals surface area contributed by atoms with Gasteiger partial charge in [0, 0.05) is 24.0 Å². The Hall–Kier alpha value is -3.46. The van der Waals surface area contributed by atoms with Crippen molar-refractivity contribution in [1.82, 2.24) is 25.1 Å². The summed E-state index contributed by atoms with van der Waals surface area (Å²) in [5.74, 6) is -0.889. The van der Waals surface area contributed by atoms with Gasteiger partial charge in [0.1, 0.15) is 11.2 Å². The van der Waals surface area contributed by atoms with Gasteiger partial charge in [0.15, 0.2) is 5.69 Å². The molecule has 0 spiro atoms. The first-order valence-electron chi connectivity index (χ1n) is 11.9. The summed E-state index contributed by atoms with van der Waals surface area (Å²) in [4.78, 5) is 47.2. The van der Waals surface area contributed by atoms with Crippen LogP contribution in [0.15, 0.2) is 48.1 Å². The first kappa shape index (κ1) is 23.3. The van der Waals surface area contributed by atoms with E-state index in [1.807, 2.05) is 48.7 Å². The van der Waals surface area contributed by atoms with Gasteiger partial charge in [-0.1, -0.05) is 35.9 Å². The molecule has 0 saturated heterocycles. The van der Waals surface area contributed by atoms with Crippen molar-refractivity contribution in [3.8, 4) is 0 Å². The predicted molar refractivity (Wildman–Crippen MR) is 133 cm³/mol. The lowest BCUT2D eigenvalue weighted by atomic mass is 9.93. The number of thiophene rings is 1. The molecule has 1 fully saturated rings. The Bertz CT molecular complexity index is 1260. The van der Waals surface area contributed by atoms with Gasteiger partial charge in [-0.3, -0.25) is 14.4 Å². The zero-order valence-electron chi connectivity index (χ0n) is 19.9. The monoisotopic (exact) mass is 491 g/mol. The van der Waals surface area contributed by atoms with Crippen LogP contribution < -0.4 is 10.6 Å². The van der Waals surface area contributed by atoms with Gasteiger partial charge in [0.2, 0.25) is 5.91 Å². The highest BCUT2D eigenvalue weighted by molar-refractivity contribution is 7.09. The molecule has 1 aromatic carbocycles. The summed E-state index contributed by atoms with van der Waals surface area (Å²) in [5.41, 5.74) is 1.44. The highest BCUT2D eigenvalue weighted by atomic mass is 32.1. The Morgan fingerprint density at radius 3 is 2.74 bits per heavy atom. The molecule has 0 radical (unpaired) electrons. The number of amides is 3. The largest absolute Gasteiger partial charge is 0.350 e. The summed E-state index contributed by atoms with van der Waals surface area (Å²) in [6, 6.07) is 12.0. The average Bonchev–Trinajstić information content (AvgIpc) is 3.34. The van der Waals surface area contributed by atoms with Crippen LogP contribution >= 0.6 is 11.3 Å². The van der Waals surface area contributed by atoms with E-state index in [0.717, 1.165) is 30.4 Å². The van der Waals surface area contributed by atoms with E-state index in [-0.39, 0.29) is 41.7 Å². The highest BCUT2D eigenvalue weighted by Gasteiger charge is 2.53. The zero-order valence-corrected chi connectivity index (χ0v) is 20.7. The normalized spacial score (nSPS) is 19.4. The Labute approximate surface area is 208 Å². The molecule has 1 saturated carbocycles. The maximum atomic E-state index is 13.7. The van der Waals surface area contributed by atoms with E-state index in [1.165, 1.54) is 11.2 Å². The molecule has 0 unspecified atom stereocenters. The molecule has 8 nitrogen and oxygen atoms in total. The summed E-state index contributed by atoms with van der Waals surface area (Å²) in [7, 11) is 0. The van der Waals surface area contributed by atoms with E-state index < -0.39 is 5.54 Å². The van der Waals surface area contributed by atoms with Gasteiger partial charge in [-0.25, -0.2) is 4.98 Å². The second-order valence-corrected chi connectivity index (χ2v) is 10.5. The van der Waals surface area contributed by atoms with Gasteiger partial charge in [0.25, 0.3) is 11.8 Å². The van der Waals surface area contributed by atoms with Crippen LogP contribution in [0.4, 0.5) is 0 Å². The van der Waals surface area contributed by atoms with Gasteiger partial charge < -0.3 is 20.1 Å². The highest BCUT2D eigenvalue weighted by Crippen LogP contribution is 2.38. The standard InChI is InChI=1S/C26H29N5O3S/c1-17-5-3-6-18(13-17)14-28-25(34)26(2)15-30-16-29-21(22(30)24(33)31(26)19-8-9-19)23(32)27-11-10-20-7-4-12-35-20/h3-7,12-13,16,19H,8-11,14-15H2,1-2H3,(H,27,32)(H,28,34)/t26-/m0/s1. The molecule has 3 aromatic rings. The van der Waals surface area contributed by atoms with Gasteiger partial charge >= 0.3 is 0 Å². The van der Waals surface area contributed by atoms with Crippen LogP contribution in [-0.2, 0) is 24.3 Å². The third kappa shape index (κ3) is 4.60. The minimum absolute atomic E-state index is 0.00407. The molecule has 0 bridgehead atoms. The number of aromatic nitrogens is 2. The SMILES string of the molecule is Cc1cccc(CNC(=O)[C@]2(C)Cn3cnc(C(=O)NCCc4cccs4)c3C(=O)N2C2CC2)c1. The molecule has 35 heavy (non-hydrogen) atoms. The third-order valence-electron chi connectivity index (χ3n) is 6.66. The van der Waals surface area contributed by atoms with E-state index in [4.69, 9.17) is 0 Å². The summed E-state index contributed by atoms with van der Waals surface area (Å²) in [6.07, 6.45) is 3.92. The molecule has 5 rings (SSSR count). The molecule has 3 amide bonds. The fourth-order valence-electron chi connectivity index (χ4n) is 4.75. The van der Waals surface area contributed by atoms with Gasteiger partial charge in [-0.2, -0.15) is 0 Å². The van der Waals surface area contributed by atoms with E-state index >= 15 is 0 Å². The number of aryl methyl sites for hydroxylation is 1.